The first kappa shape index (κ1) is 9.76. The van der Waals surface area contributed by atoms with Gasteiger partial charge in [-0.2, -0.15) is 0 Å². The van der Waals surface area contributed by atoms with Gasteiger partial charge in [-0.1, -0.05) is 38.8 Å². The van der Waals surface area contributed by atoms with E-state index in [1.807, 2.05) is 6.92 Å². The fourth-order valence-electron chi connectivity index (χ4n) is 0.648. The number of hydrogen-bond acceptors (Lipinski definition) is 1. The Balaban J connectivity index is 4.74. The van der Waals surface area contributed by atoms with E-state index in [1.54, 1.807) is 12.2 Å². The molecule has 0 unspecified atom stereocenters. The highest BCUT2D eigenvalue weighted by Gasteiger charge is 2.00. The summed E-state index contributed by atoms with van der Waals surface area (Å²) in [7, 11) is 0. The molecule has 0 saturated heterocycles. The third-order valence-electron chi connectivity index (χ3n) is 1.47. The Morgan fingerprint density at radius 3 is 2.09 bits per heavy atom. The molecule has 1 heteroatoms. The van der Waals surface area contributed by atoms with Gasteiger partial charge in [-0.15, -0.1) is 0 Å². The van der Waals surface area contributed by atoms with Crippen LogP contribution in [0, 0.1) is 0 Å². The fourth-order valence-corrected chi connectivity index (χ4v) is 0.648. The molecule has 0 aromatic rings. The molecule has 0 bridgehead atoms. The van der Waals surface area contributed by atoms with Crippen LogP contribution in [0.5, 0.6) is 0 Å². The van der Waals surface area contributed by atoms with E-state index in [2.05, 4.69) is 19.7 Å². The van der Waals surface area contributed by atoms with Crippen LogP contribution in [0.4, 0.5) is 0 Å². The van der Waals surface area contributed by atoms with Gasteiger partial charge < -0.3 is 5.11 Å². The molecule has 0 heterocycles. The first-order valence-corrected chi connectivity index (χ1v) is 3.53. The van der Waals surface area contributed by atoms with Crippen molar-refractivity contribution >= 4 is 0 Å². The second-order valence-corrected chi connectivity index (χ2v) is 2.17. The summed E-state index contributed by atoms with van der Waals surface area (Å²) in [5, 5.41) is 9.42. The van der Waals surface area contributed by atoms with Crippen molar-refractivity contribution in [2.45, 2.75) is 13.3 Å². The Morgan fingerprint density at radius 1 is 1.36 bits per heavy atom. The van der Waals surface area contributed by atoms with Crippen molar-refractivity contribution in [1.29, 1.82) is 0 Å². The summed E-state index contributed by atoms with van der Waals surface area (Å²) in [4.78, 5) is 0. The second-order valence-electron chi connectivity index (χ2n) is 2.17. The normalized spacial score (nSPS) is 8.45. The van der Waals surface area contributed by atoms with Crippen molar-refractivity contribution in [2.75, 3.05) is 0 Å². The van der Waals surface area contributed by atoms with Gasteiger partial charge in [0.1, 0.15) is 5.76 Å². The van der Waals surface area contributed by atoms with Gasteiger partial charge in [0, 0.05) is 5.57 Å². The van der Waals surface area contributed by atoms with Gasteiger partial charge in [-0.25, -0.2) is 0 Å². The maximum Gasteiger partial charge on any atom is 0.125 e. The largest absolute Gasteiger partial charge is 0.507 e. The van der Waals surface area contributed by atoms with Crippen LogP contribution in [0.2, 0.25) is 0 Å². The smallest absolute Gasteiger partial charge is 0.125 e. The predicted octanol–water partition coefficient (Wildman–Crippen LogP) is 3.14. The lowest BCUT2D eigenvalue weighted by Gasteiger charge is -2.03. The van der Waals surface area contributed by atoms with Crippen LogP contribution in [0.3, 0.4) is 0 Å². The minimum absolute atomic E-state index is 0.192. The van der Waals surface area contributed by atoms with Crippen molar-refractivity contribution in [2.24, 2.45) is 0 Å². The minimum atomic E-state index is 0.192. The van der Waals surface area contributed by atoms with Crippen LogP contribution in [0.25, 0.3) is 0 Å². The Kier molecular flexibility index (Phi) is 4.04. The molecule has 0 fully saturated rings. The highest BCUT2D eigenvalue weighted by molar-refractivity contribution is 5.38. The Hall–Kier alpha value is -1.24. The van der Waals surface area contributed by atoms with Gasteiger partial charge in [-0.05, 0) is 12.0 Å². The number of aliphatic hydroxyl groups is 1. The maximum atomic E-state index is 9.42. The highest BCUT2D eigenvalue weighted by atomic mass is 16.3. The van der Waals surface area contributed by atoms with Crippen molar-refractivity contribution in [1.82, 2.24) is 0 Å². The Labute approximate surface area is 68.1 Å². The first-order valence-electron chi connectivity index (χ1n) is 3.53. The zero-order chi connectivity index (χ0) is 8.85. The van der Waals surface area contributed by atoms with E-state index in [1.165, 1.54) is 0 Å². The third-order valence-corrected chi connectivity index (χ3v) is 1.47. The number of rotatable bonds is 4. The van der Waals surface area contributed by atoms with Crippen molar-refractivity contribution in [3.63, 3.8) is 0 Å². The van der Waals surface area contributed by atoms with E-state index in [-0.39, 0.29) is 5.76 Å². The molecule has 0 aromatic heterocycles. The molecule has 0 atom stereocenters. The van der Waals surface area contributed by atoms with E-state index < -0.39 is 0 Å². The summed E-state index contributed by atoms with van der Waals surface area (Å²) < 4.78 is 0. The molecule has 11 heavy (non-hydrogen) atoms. The predicted molar refractivity (Wildman–Crippen MR) is 49.5 cm³/mol. The molecule has 0 saturated carbocycles. The van der Waals surface area contributed by atoms with E-state index in [0.29, 0.717) is 11.1 Å². The minimum Gasteiger partial charge on any atom is -0.507 e. The number of aliphatic hydroxyl groups excluding tert-OH is 1. The first-order chi connectivity index (χ1) is 5.17. The zero-order valence-electron chi connectivity index (χ0n) is 6.93. The van der Waals surface area contributed by atoms with Crippen LogP contribution in [-0.4, -0.2) is 5.11 Å². The maximum absolute atomic E-state index is 9.42. The van der Waals surface area contributed by atoms with E-state index in [4.69, 9.17) is 0 Å². The lowest BCUT2D eigenvalue weighted by molar-refractivity contribution is 0.417. The van der Waals surface area contributed by atoms with Gasteiger partial charge in [0.15, 0.2) is 0 Å². The van der Waals surface area contributed by atoms with E-state index in [0.717, 1.165) is 6.42 Å². The summed E-state index contributed by atoms with van der Waals surface area (Å²) in [5.41, 5.74) is 1.34. The zero-order valence-corrected chi connectivity index (χ0v) is 6.93. The molecule has 0 spiro atoms. The van der Waals surface area contributed by atoms with Gasteiger partial charge in [-0.3, -0.25) is 0 Å². The number of hydrogen-bond donors (Lipinski definition) is 1. The van der Waals surface area contributed by atoms with Crippen LogP contribution in [-0.2, 0) is 0 Å². The molecule has 0 aliphatic heterocycles. The summed E-state index contributed by atoms with van der Waals surface area (Å²) in [6.45, 7) is 12.7. The lowest BCUT2D eigenvalue weighted by atomic mass is 10.1. The summed E-state index contributed by atoms with van der Waals surface area (Å²) >= 11 is 0. The molecule has 0 aromatic carbocycles. The van der Waals surface area contributed by atoms with Crippen molar-refractivity contribution < 1.29 is 5.11 Å². The summed E-state index contributed by atoms with van der Waals surface area (Å²) in [5.74, 6) is 0.192. The molecule has 1 N–H and O–H groups in total. The molecule has 60 valence electrons. The average molecular weight is 150 g/mol. The van der Waals surface area contributed by atoms with E-state index in [9.17, 15) is 5.11 Å². The topological polar surface area (TPSA) is 20.2 Å². The van der Waals surface area contributed by atoms with Gasteiger partial charge in [0.2, 0.25) is 0 Å². The van der Waals surface area contributed by atoms with Crippen LogP contribution in [0.1, 0.15) is 13.3 Å². The van der Waals surface area contributed by atoms with Crippen molar-refractivity contribution in [3.8, 4) is 0 Å². The fraction of sp³-hybridized carbons (Fsp3) is 0.200. The Morgan fingerprint density at radius 2 is 1.82 bits per heavy atom. The number of allylic oxidation sites excluding steroid dienone is 4. The van der Waals surface area contributed by atoms with Gasteiger partial charge in [0.05, 0.1) is 0 Å². The lowest BCUT2D eigenvalue weighted by Crippen LogP contribution is -1.88. The Bertz CT molecular complexity index is 199. The van der Waals surface area contributed by atoms with Crippen molar-refractivity contribution in [3.05, 3.63) is 48.8 Å². The monoisotopic (exact) mass is 150 g/mol. The molecule has 0 radical (unpaired) electrons. The SMILES string of the molecule is C=CC(C=C)=C(O)C(=C)CC. The molecular formula is C10H14O. The van der Waals surface area contributed by atoms with Crippen LogP contribution >= 0.6 is 0 Å². The molecule has 0 amide bonds. The van der Waals surface area contributed by atoms with Gasteiger partial charge >= 0.3 is 0 Å². The highest BCUT2D eigenvalue weighted by Crippen LogP contribution is 2.14. The molecule has 0 rings (SSSR count). The standard InChI is InChI=1S/C10H14O/c1-5-8(4)10(11)9(6-2)7-3/h6-7,11H,2-5H2,1H3. The second kappa shape index (κ2) is 4.56. The quantitative estimate of drug-likeness (QED) is 0.482. The van der Waals surface area contributed by atoms with Crippen LogP contribution < -0.4 is 0 Å². The third kappa shape index (κ3) is 2.46. The molecular weight excluding hydrogens is 136 g/mol. The van der Waals surface area contributed by atoms with Crippen LogP contribution in [0.15, 0.2) is 48.8 Å². The van der Waals surface area contributed by atoms with E-state index >= 15 is 0 Å². The molecule has 0 aliphatic rings. The average Bonchev–Trinajstić information content (AvgIpc) is 2.05. The molecule has 1 nitrogen and oxygen atoms in total. The summed E-state index contributed by atoms with van der Waals surface area (Å²) in [6, 6.07) is 0. The van der Waals surface area contributed by atoms with Gasteiger partial charge in [0.25, 0.3) is 0 Å². The summed E-state index contributed by atoms with van der Waals surface area (Å²) in [6.07, 6.45) is 3.85. The molecule has 0 aliphatic carbocycles.